The summed E-state index contributed by atoms with van der Waals surface area (Å²) in [5.41, 5.74) is 0. The van der Waals surface area contributed by atoms with E-state index < -0.39 is 33.7 Å². The molecule has 0 rings (SSSR count). The number of carbonyl (C=O) groups is 2. The van der Waals surface area contributed by atoms with Gasteiger partial charge in [0.05, 0.1) is 19.6 Å². The predicted octanol–water partition coefficient (Wildman–Crippen LogP) is 2.59. The Hall–Kier alpha value is 1.11. The molecule has 1 N–H and O–H groups in total. The van der Waals surface area contributed by atoms with Gasteiger partial charge in [0.2, 0.25) is 0 Å². The van der Waals surface area contributed by atoms with Crippen LogP contribution in [-0.4, -0.2) is 111 Å². The molecule has 0 aromatic rings. The van der Waals surface area contributed by atoms with Gasteiger partial charge in [-0.15, -0.1) is 0 Å². The summed E-state index contributed by atoms with van der Waals surface area (Å²) in [5, 5.41) is -1.95. The Morgan fingerprint density at radius 1 is 0.867 bits per heavy atom. The van der Waals surface area contributed by atoms with Crippen LogP contribution in [0, 0.1) is 11.8 Å². The summed E-state index contributed by atoms with van der Waals surface area (Å²) in [7, 11) is -4.76. The zero-order chi connectivity index (χ0) is 21.6. The molecule has 0 aromatic heterocycles. The monoisotopic (exact) mass is 488 g/mol. The van der Waals surface area contributed by atoms with Crippen LogP contribution in [0.4, 0.5) is 0 Å². The number of carbonyl (C=O) groups excluding carboxylic acids is 2. The Bertz CT molecular complexity index is 557. The summed E-state index contributed by atoms with van der Waals surface area (Å²) in [6, 6.07) is 0. The molecular weight excluding hydrogens is 447 g/mol. The van der Waals surface area contributed by atoms with Gasteiger partial charge in [0.1, 0.15) is 0 Å². The van der Waals surface area contributed by atoms with E-state index in [4.69, 9.17) is 9.47 Å². The van der Waals surface area contributed by atoms with Crippen molar-refractivity contribution in [1.29, 1.82) is 0 Å². The van der Waals surface area contributed by atoms with E-state index in [1.165, 1.54) is 0 Å². The summed E-state index contributed by atoms with van der Waals surface area (Å²) < 4.78 is 42.8. The topological polar surface area (TPSA) is 107 Å². The fraction of sp³-hybridized carbons (Fsp3) is 0.900. The zero-order valence-electron chi connectivity index (χ0n) is 17.8. The van der Waals surface area contributed by atoms with Crippen LogP contribution in [0.15, 0.2) is 0 Å². The Balaban J connectivity index is -0.00000364. The quantitative estimate of drug-likeness (QED) is 0.202. The van der Waals surface area contributed by atoms with Crippen LogP contribution in [0.2, 0.25) is 0 Å². The molecule has 172 valence electrons. The maximum absolute atomic E-state index is 12.2. The number of rotatable bonds is 16. The van der Waals surface area contributed by atoms with Crippen molar-refractivity contribution in [3.8, 4) is 0 Å². The first-order valence-corrected chi connectivity index (χ1v) is 12.0. The van der Waals surface area contributed by atoms with Crippen LogP contribution in [0.5, 0.6) is 0 Å². The van der Waals surface area contributed by atoms with Gasteiger partial charge in [-0.25, -0.2) is 0 Å². The summed E-state index contributed by atoms with van der Waals surface area (Å²) in [4.78, 5) is 24.2. The van der Waals surface area contributed by atoms with Gasteiger partial charge in [0.15, 0.2) is 5.25 Å². The molecule has 0 aliphatic rings. The number of unbranched alkanes of at least 4 members (excludes halogenated alkanes) is 2. The summed E-state index contributed by atoms with van der Waals surface area (Å²) >= 11 is 0. The molecule has 0 radical (unpaired) electrons. The molecule has 0 bridgehead atoms. The molecule has 0 spiro atoms. The van der Waals surface area contributed by atoms with E-state index in [2.05, 4.69) is 13.8 Å². The van der Waals surface area contributed by atoms with Gasteiger partial charge < -0.3 is 9.47 Å². The molecule has 7 nitrogen and oxygen atoms in total. The minimum absolute atomic E-state index is 0. The summed E-state index contributed by atoms with van der Waals surface area (Å²) in [6.45, 7) is 8.35. The second-order valence-electron chi connectivity index (χ2n) is 7.35. The third kappa shape index (κ3) is 16.7. The van der Waals surface area contributed by atoms with E-state index >= 15 is 0 Å². The molecule has 10 heteroatoms. The molecule has 0 aliphatic carbocycles. The van der Waals surface area contributed by atoms with Gasteiger partial charge in [-0.3, -0.25) is 14.1 Å². The number of esters is 2. The van der Waals surface area contributed by atoms with Gasteiger partial charge in [0.25, 0.3) is 10.1 Å². The third-order valence-corrected chi connectivity index (χ3v) is 6.08. The van der Waals surface area contributed by atoms with Crippen LogP contribution in [0.1, 0.15) is 85.5 Å². The standard InChI is InChI=1S/C20H38O7S.Ca.Na.3H/c1-5-9-11-16(7-3)14-26-19(21)13-18(28(23,24)25)20(22)27-15-17(8-4)12-10-6-2;;;;;/h16-18H,5-15H2,1-4H3,(H,23,24,25);;;;;. The molecule has 0 aliphatic heterocycles. The van der Waals surface area contributed by atoms with E-state index in [-0.39, 0.29) is 92.3 Å². The predicted molar refractivity (Wildman–Crippen MR) is 124 cm³/mol. The van der Waals surface area contributed by atoms with Gasteiger partial charge in [0, 0.05) is 0 Å². The maximum atomic E-state index is 12.2. The van der Waals surface area contributed by atoms with Crippen molar-refractivity contribution >= 4 is 89.4 Å². The van der Waals surface area contributed by atoms with Crippen LogP contribution in [0.25, 0.3) is 0 Å². The second-order valence-corrected chi connectivity index (χ2v) is 8.95. The molecule has 0 aromatic carbocycles. The minimum atomic E-state index is -4.76. The second kappa shape index (κ2) is 20.7. The molecule has 0 amide bonds. The zero-order valence-corrected chi connectivity index (χ0v) is 18.6. The van der Waals surface area contributed by atoms with Crippen molar-refractivity contribution in [2.24, 2.45) is 11.8 Å². The van der Waals surface area contributed by atoms with Crippen molar-refractivity contribution < 1.29 is 32.0 Å². The van der Waals surface area contributed by atoms with Crippen molar-refractivity contribution in [3.63, 3.8) is 0 Å². The fourth-order valence-corrected chi connectivity index (χ4v) is 3.48. The summed E-state index contributed by atoms with van der Waals surface area (Å²) in [6.07, 6.45) is 6.74. The normalized spacial score (nSPS) is 13.9. The van der Waals surface area contributed by atoms with Crippen LogP contribution < -0.4 is 0 Å². The Labute approximate surface area is 234 Å². The Morgan fingerprint density at radius 3 is 1.67 bits per heavy atom. The van der Waals surface area contributed by atoms with Gasteiger partial charge in [-0.2, -0.15) is 8.42 Å². The van der Waals surface area contributed by atoms with Crippen LogP contribution >= 0.6 is 0 Å². The molecule has 0 saturated carbocycles. The molecule has 30 heavy (non-hydrogen) atoms. The summed E-state index contributed by atoms with van der Waals surface area (Å²) in [5.74, 6) is -1.61. The van der Waals surface area contributed by atoms with E-state index in [9.17, 15) is 22.6 Å². The fourth-order valence-electron chi connectivity index (χ4n) is 2.82. The van der Waals surface area contributed by atoms with Crippen molar-refractivity contribution in [1.82, 2.24) is 0 Å². The SMILES string of the molecule is CCCCC(CC)COC(=O)CC(C(=O)OCC(CC)CCCC)S(=O)(=O)O.[CaH2].[NaH]. The molecule has 0 saturated heterocycles. The average molecular weight is 489 g/mol. The van der Waals surface area contributed by atoms with Crippen molar-refractivity contribution in [2.75, 3.05) is 13.2 Å². The number of hydrogen-bond acceptors (Lipinski definition) is 6. The first-order valence-electron chi connectivity index (χ1n) is 10.5. The van der Waals surface area contributed by atoms with Crippen LogP contribution in [0.3, 0.4) is 0 Å². The Morgan fingerprint density at radius 2 is 1.30 bits per heavy atom. The van der Waals surface area contributed by atoms with Crippen molar-refractivity contribution in [2.45, 2.75) is 90.7 Å². The first kappa shape index (κ1) is 35.7. The molecule has 3 atom stereocenters. The number of hydrogen-bond donors (Lipinski definition) is 1. The average Bonchev–Trinajstić information content (AvgIpc) is 2.65. The molecule has 3 unspecified atom stereocenters. The molecule has 0 fully saturated rings. The van der Waals surface area contributed by atoms with E-state index in [0.717, 1.165) is 51.4 Å². The van der Waals surface area contributed by atoms with E-state index in [1.807, 2.05) is 13.8 Å². The van der Waals surface area contributed by atoms with E-state index in [0.29, 0.717) is 0 Å². The van der Waals surface area contributed by atoms with Crippen LogP contribution in [-0.2, 0) is 29.2 Å². The van der Waals surface area contributed by atoms with Gasteiger partial charge in [-0.1, -0.05) is 66.2 Å². The Kier molecular flexibility index (Phi) is 24.6. The first-order chi connectivity index (χ1) is 13.2. The van der Waals surface area contributed by atoms with Crippen molar-refractivity contribution in [3.05, 3.63) is 0 Å². The van der Waals surface area contributed by atoms with E-state index in [1.54, 1.807) is 0 Å². The van der Waals surface area contributed by atoms with Gasteiger partial charge in [-0.05, 0) is 24.7 Å². The number of ether oxygens (including phenoxy) is 2. The molecule has 0 heterocycles. The third-order valence-electron chi connectivity index (χ3n) is 5.00. The molecular formula is C20H41CaNaO7S. The van der Waals surface area contributed by atoms with Gasteiger partial charge >= 0.3 is 79.2 Å².